The largest absolute Gasteiger partial charge is 0.455 e. The summed E-state index contributed by atoms with van der Waals surface area (Å²) in [7, 11) is 0. The number of carbonyl (C=O) groups excluding carboxylic acids is 3. The second kappa shape index (κ2) is 9.84. The van der Waals surface area contributed by atoms with Gasteiger partial charge in [-0.1, -0.05) is 38.0 Å². The molecule has 168 valence electrons. The van der Waals surface area contributed by atoms with Crippen LogP contribution in [-0.2, 0) is 25.5 Å². The summed E-state index contributed by atoms with van der Waals surface area (Å²) in [5.41, 5.74) is 2.14. The fraction of sp³-hybridized carbons (Fsp3) is 0.640. The highest BCUT2D eigenvalue weighted by Gasteiger charge is 2.40. The Labute approximate surface area is 184 Å². The van der Waals surface area contributed by atoms with Gasteiger partial charge in [-0.15, -0.1) is 0 Å². The molecule has 4 rings (SSSR count). The Morgan fingerprint density at radius 2 is 1.71 bits per heavy atom. The number of hydrogen-bond donors (Lipinski definition) is 1. The van der Waals surface area contributed by atoms with Gasteiger partial charge in [-0.3, -0.25) is 14.4 Å². The number of nitrogens with zero attached hydrogens (tertiary/aromatic N) is 1. The van der Waals surface area contributed by atoms with E-state index < -0.39 is 11.9 Å². The van der Waals surface area contributed by atoms with Crippen LogP contribution in [0.25, 0.3) is 0 Å². The molecule has 3 aliphatic rings. The van der Waals surface area contributed by atoms with E-state index in [0.717, 1.165) is 50.6 Å². The first-order chi connectivity index (χ1) is 15.0. The van der Waals surface area contributed by atoms with Crippen molar-refractivity contribution in [1.82, 2.24) is 5.32 Å². The lowest BCUT2D eigenvalue weighted by Gasteiger charge is -2.32. The maximum Gasteiger partial charge on any atom is 0.310 e. The zero-order valence-corrected chi connectivity index (χ0v) is 18.5. The zero-order valence-electron chi connectivity index (χ0n) is 18.5. The molecular formula is C25H34N2O4. The third-order valence-corrected chi connectivity index (χ3v) is 7.27. The van der Waals surface area contributed by atoms with Crippen molar-refractivity contribution in [2.45, 2.75) is 70.8 Å². The first kappa shape index (κ1) is 21.8. The van der Waals surface area contributed by atoms with Crippen LogP contribution in [0.5, 0.6) is 0 Å². The van der Waals surface area contributed by atoms with Gasteiger partial charge in [-0.25, -0.2) is 0 Å². The molecule has 2 aliphatic carbocycles. The monoisotopic (exact) mass is 426 g/mol. The molecule has 1 aliphatic heterocycles. The summed E-state index contributed by atoms with van der Waals surface area (Å²) in [5.74, 6) is -0.729. The van der Waals surface area contributed by atoms with E-state index in [2.05, 4.69) is 18.3 Å². The van der Waals surface area contributed by atoms with Gasteiger partial charge in [0.05, 0.1) is 11.8 Å². The first-order valence-electron chi connectivity index (χ1n) is 11.9. The Balaban J connectivity index is 1.32. The molecule has 0 saturated heterocycles. The van der Waals surface area contributed by atoms with Gasteiger partial charge in [0.25, 0.3) is 5.91 Å². The summed E-state index contributed by atoms with van der Waals surface area (Å²) in [6.07, 6.45) is 8.25. The number of para-hydroxylation sites is 1. The van der Waals surface area contributed by atoms with Crippen molar-refractivity contribution >= 4 is 23.5 Å². The number of anilines is 1. The molecule has 0 aromatic heterocycles. The minimum absolute atomic E-state index is 0.0207. The number of esters is 1. The lowest BCUT2D eigenvalue weighted by Crippen LogP contribution is -2.43. The van der Waals surface area contributed by atoms with Gasteiger partial charge in [0.2, 0.25) is 5.91 Å². The van der Waals surface area contributed by atoms with Crippen molar-refractivity contribution in [1.29, 1.82) is 0 Å². The van der Waals surface area contributed by atoms with Gasteiger partial charge < -0.3 is 15.0 Å². The Morgan fingerprint density at radius 1 is 1.00 bits per heavy atom. The molecule has 6 heteroatoms. The van der Waals surface area contributed by atoms with Crippen molar-refractivity contribution < 1.29 is 19.1 Å². The highest BCUT2D eigenvalue weighted by atomic mass is 16.5. The standard InChI is InChI=1S/C25H34N2O4/c1-17-10-12-19(13-11-17)26-23(28)16-31-25(30)21-8-4-3-7-20(21)24(29)27-15-14-18-6-2-5-9-22(18)27/h2,5-6,9,17,19-21H,3-4,7-8,10-16H2,1H3,(H,26,28)/t17?,19?,20-,21+/m1/s1. The molecule has 2 atom stereocenters. The number of nitrogens with one attached hydrogen (secondary N) is 1. The molecule has 0 spiro atoms. The molecule has 2 saturated carbocycles. The average molecular weight is 427 g/mol. The number of fused-ring (bicyclic) bond motifs is 1. The van der Waals surface area contributed by atoms with Crippen LogP contribution in [0.3, 0.4) is 0 Å². The second-order valence-corrected chi connectivity index (χ2v) is 9.50. The number of benzene rings is 1. The third-order valence-electron chi connectivity index (χ3n) is 7.27. The summed E-state index contributed by atoms with van der Waals surface area (Å²) in [5, 5.41) is 3.00. The predicted molar refractivity (Wildman–Crippen MR) is 118 cm³/mol. The molecule has 0 unspecified atom stereocenters. The summed E-state index contributed by atoms with van der Waals surface area (Å²) in [6.45, 7) is 2.65. The van der Waals surface area contributed by atoms with Crippen molar-refractivity contribution in [3.8, 4) is 0 Å². The maximum absolute atomic E-state index is 13.3. The molecule has 1 aromatic rings. The van der Waals surface area contributed by atoms with Gasteiger partial charge in [0.15, 0.2) is 6.61 Å². The van der Waals surface area contributed by atoms with Crippen LogP contribution in [0, 0.1) is 17.8 Å². The van der Waals surface area contributed by atoms with Crippen molar-refractivity contribution in [3.05, 3.63) is 29.8 Å². The Bertz CT molecular complexity index is 815. The van der Waals surface area contributed by atoms with Gasteiger partial charge in [0.1, 0.15) is 0 Å². The minimum atomic E-state index is -0.461. The van der Waals surface area contributed by atoms with Crippen LogP contribution >= 0.6 is 0 Å². The van der Waals surface area contributed by atoms with Crippen LogP contribution in [0.4, 0.5) is 5.69 Å². The quantitative estimate of drug-likeness (QED) is 0.730. The summed E-state index contributed by atoms with van der Waals surface area (Å²) >= 11 is 0. The molecule has 1 N–H and O–H groups in total. The minimum Gasteiger partial charge on any atom is -0.455 e. The molecule has 0 radical (unpaired) electrons. The van der Waals surface area contributed by atoms with Crippen molar-refractivity contribution in [3.63, 3.8) is 0 Å². The topological polar surface area (TPSA) is 75.7 Å². The van der Waals surface area contributed by atoms with Gasteiger partial charge in [-0.2, -0.15) is 0 Å². The summed E-state index contributed by atoms with van der Waals surface area (Å²) < 4.78 is 5.40. The van der Waals surface area contributed by atoms with E-state index in [1.54, 1.807) is 0 Å². The molecule has 2 fully saturated rings. The number of rotatable bonds is 5. The van der Waals surface area contributed by atoms with E-state index in [-0.39, 0.29) is 30.4 Å². The summed E-state index contributed by atoms with van der Waals surface area (Å²) in [4.78, 5) is 40.3. The van der Waals surface area contributed by atoms with E-state index in [4.69, 9.17) is 4.74 Å². The first-order valence-corrected chi connectivity index (χ1v) is 11.9. The van der Waals surface area contributed by atoms with E-state index in [9.17, 15) is 14.4 Å². The highest BCUT2D eigenvalue weighted by Crippen LogP contribution is 2.36. The predicted octanol–water partition coefficient (Wildman–Crippen LogP) is 3.62. The Hall–Kier alpha value is -2.37. The molecule has 6 nitrogen and oxygen atoms in total. The molecule has 2 amide bonds. The normalized spacial score (nSPS) is 28.0. The lowest BCUT2D eigenvalue weighted by molar-refractivity contribution is -0.157. The van der Waals surface area contributed by atoms with Crippen LogP contribution in [-0.4, -0.2) is 37.0 Å². The molecule has 1 heterocycles. The molecule has 1 aromatic carbocycles. The van der Waals surface area contributed by atoms with E-state index in [1.165, 1.54) is 5.56 Å². The molecule has 0 bridgehead atoms. The molecule has 31 heavy (non-hydrogen) atoms. The van der Waals surface area contributed by atoms with Crippen molar-refractivity contribution in [2.75, 3.05) is 18.1 Å². The van der Waals surface area contributed by atoms with Crippen LogP contribution in [0.2, 0.25) is 0 Å². The third kappa shape index (κ3) is 5.10. The zero-order chi connectivity index (χ0) is 21.8. The molecular weight excluding hydrogens is 392 g/mol. The maximum atomic E-state index is 13.3. The average Bonchev–Trinajstić information content (AvgIpc) is 3.23. The van der Waals surface area contributed by atoms with Crippen molar-refractivity contribution in [2.24, 2.45) is 17.8 Å². The van der Waals surface area contributed by atoms with Crippen LogP contribution in [0.15, 0.2) is 24.3 Å². The smallest absolute Gasteiger partial charge is 0.310 e. The number of carbonyl (C=O) groups is 3. The van der Waals surface area contributed by atoms with Gasteiger partial charge in [-0.05, 0) is 62.5 Å². The van der Waals surface area contributed by atoms with Gasteiger partial charge in [0, 0.05) is 18.3 Å². The number of amides is 2. The Morgan fingerprint density at radius 3 is 2.48 bits per heavy atom. The fourth-order valence-corrected chi connectivity index (χ4v) is 5.39. The second-order valence-electron chi connectivity index (χ2n) is 9.50. The van der Waals surface area contributed by atoms with E-state index in [0.29, 0.717) is 25.3 Å². The lowest BCUT2D eigenvalue weighted by atomic mass is 9.78. The fourth-order valence-electron chi connectivity index (χ4n) is 5.39. The van der Waals surface area contributed by atoms with Crippen LogP contribution in [0.1, 0.15) is 63.9 Å². The van der Waals surface area contributed by atoms with Crippen LogP contribution < -0.4 is 10.2 Å². The highest BCUT2D eigenvalue weighted by molar-refractivity contribution is 5.99. The number of ether oxygens (including phenoxy) is 1. The van der Waals surface area contributed by atoms with Gasteiger partial charge >= 0.3 is 5.97 Å². The van der Waals surface area contributed by atoms with E-state index in [1.807, 2.05) is 23.1 Å². The summed E-state index contributed by atoms with van der Waals surface area (Å²) in [6, 6.07) is 8.16. The van der Waals surface area contributed by atoms with E-state index >= 15 is 0 Å². The Kier molecular flexibility index (Phi) is 6.93. The SMILES string of the molecule is CC1CCC(NC(=O)COC(=O)[C@H]2CCCC[C@H]2C(=O)N2CCc3ccccc32)CC1. The number of hydrogen-bond acceptors (Lipinski definition) is 4.